The number of anilines is 1. The summed E-state index contributed by atoms with van der Waals surface area (Å²) in [6.45, 7) is 6.02. The highest BCUT2D eigenvalue weighted by molar-refractivity contribution is 7.98. The Morgan fingerprint density at radius 3 is 2.71 bits per heavy atom. The van der Waals surface area contributed by atoms with Gasteiger partial charge in [-0.2, -0.15) is 4.98 Å². The molecule has 2 heterocycles. The SMILES string of the molecule is C=CCOc1c(OC)cccc1[C@H]1CC(=O)Nc2c1c(=O)nc(SCc1ccc(C)cc1)n2C. The Kier molecular flexibility index (Phi) is 7.07. The molecule has 0 saturated heterocycles. The normalized spacial score (nSPS) is 14.8. The first-order chi connectivity index (χ1) is 16.4. The summed E-state index contributed by atoms with van der Waals surface area (Å²) in [5.74, 6) is 1.46. The third-order valence-corrected chi connectivity index (χ3v) is 6.84. The first-order valence-corrected chi connectivity index (χ1v) is 11.9. The van der Waals surface area contributed by atoms with E-state index < -0.39 is 5.92 Å². The molecule has 1 aliphatic rings. The number of para-hydroxylation sites is 1. The van der Waals surface area contributed by atoms with Crippen LogP contribution in [0.1, 0.15) is 34.6 Å². The second-order valence-electron chi connectivity index (χ2n) is 8.08. The molecule has 176 valence electrons. The van der Waals surface area contributed by atoms with Gasteiger partial charge >= 0.3 is 0 Å². The van der Waals surface area contributed by atoms with Gasteiger partial charge in [0.15, 0.2) is 16.7 Å². The molecule has 1 atom stereocenters. The van der Waals surface area contributed by atoms with Crippen molar-refractivity contribution in [3.63, 3.8) is 0 Å². The number of carbonyl (C=O) groups excluding carboxylic acids is 1. The van der Waals surface area contributed by atoms with E-state index in [4.69, 9.17) is 9.47 Å². The fraction of sp³-hybridized carbons (Fsp3) is 0.269. The molecular weight excluding hydrogens is 450 g/mol. The molecule has 0 aliphatic carbocycles. The summed E-state index contributed by atoms with van der Waals surface area (Å²) < 4.78 is 13.2. The lowest BCUT2D eigenvalue weighted by molar-refractivity contribution is -0.116. The number of nitrogens with zero attached hydrogens (tertiary/aromatic N) is 2. The van der Waals surface area contributed by atoms with E-state index in [1.165, 1.54) is 17.3 Å². The van der Waals surface area contributed by atoms with Crippen molar-refractivity contribution in [1.82, 2.24) is 9.55 Å². The molecule has 4 rings (SSSR count). The van der Waals surface area contributed by atoms with Gasteiger partial charge in [0.25, 0.3) is 5.56 Å². The lowest BCUT2D eigenvalue weighted by atomic mass is 9.86. The average molecular weight is 478 g/mol. The summed E-state index contributed by atoms with van der Waals surface area (Å²) >= 11 is 1.46. The molecule has 3 aromatic rings. The van der Waals surface area contributed by atoms with E-state index in [0.717, 1.165) is 5.56 Å². The molecule has 1 N–H and O–H groups in total. The molecular formula is C26H27N3O4S. The second-order valence-corrected chi connectivity index (χ2v) is 9.02. The number of nitrogens with one attached hydrogen (secondary N) is 1. The average Bonchev–Trinajstić information content (AvgIpc) is 2.84. The van der Waals surface area contributed by atoms with Gasteiger partial charge in [0.2, 0.25) is 5.91 Å². The van der Waals surface area contributed by atoms with Gasteiger partial charge in [-0.25, -0.2) is 0 Å². The Labute approximate surface area is 202 Å². The van der Waals surface area contributed by atoms with Crippen molar-refractivity contribution in [1.29, 1.82) is 0 Å². The minimum atomic E-state index is -0.513. The summed E-state index contributed by atoms with van der Waals surface area (Å²) in [7, 11) is 3.37. The smallest absolute Gasteiger partial charge is 0.279 e. The van der Waals surface area contributed by atoms with Gasteiger partial charge < -0.3 is 19.4 Å². The standard InChI is InChI=1S/C26H27N3O4S/c1-5-13-33-23-18(7-6-8-20(23)32-4)19-14-21(30)27-24-22(19)25(31)28-26(29(24)3)34-15-17-11-9-16(2)10-12-17/h5-12,19H,1,13-15H2,2-4H3,(H,27,30)/t19-/m1/s1. The summed E-state index contributed by atoms with van der Waals surface area (Å²) in [6.07, 6.45) is 1.74. The number of fused-ring (bicyclic) bond motifs is 1. The van der Waals surface area contributed by atoms with Crippen LogP contribution in [-0.4, -0.2) is 29.2 Å². The molecule has 0 saturated carbocycles. The van der Waals surface area contributed by atoms with Crippen molar-refractivity contribution in [2.75, 3.05) is 19.0 Å². The van der Waals surface area contributed by atoms with Crippen LogP contribution < -0.4 is 20.3 Å². The monoisotopic (exact) mass is 477 g/mol. The topological polar surface area (TPSA) is 82.4 Å². The zero-order chi connectivity index (χ0) is 24.2. The number of aromatic nitrogens is 2. The Balaban J connectivity index is 1.75. The third kappa shape index (κ3) is 4.72. The maximum atomic E-state index is 13.3. The first-order valence-electron chi connectivity index (χ1n) is 10.9. The van der Waals surface area contributed by atoms with Gasteiger partial charge in [-0.1, -0.05) is 66.4 Å². The van der Waals surface area contributed by atoms with Gasteiger partial charge in [-0.05, 0) is 18.6 Å². The van der Waals surface area contributed by atoms with Crippen molar-refractivity contribution >= 4 is 23.5 Å². The number of methoxy groups -OCH3 is 1. The van der Waals surface area contributed by atoms with Crippen molar-refractivity contribution in [2.24, 2.45) is 7.05 Å². The van der Waals surface area contributed by atoms with E-state index in [9.17, 15) is 9.59 Å². The van der Waals surface area contributed by atoms with E-state index >= 15 is 0 Å². The summed E-state index contributed by atoms with van der Waals surface area (Å²) in [4.78, 5) is 30.4. The molecule has 7 nitrogen and oxygen atoms in total. The fourth-order valence-corrected chi connectivity index (χ4v) is 4.95. The van der Waals surface area contributed by atoms with E-state index in [-0.39, 0.29) is 24.5 Å². The van der Waals surface area contributed by atoms with Crippen LogP contribution in [0.3, 0.4) is 0 Å². The van der Waals surface area contributed by atoms with Crippen LogP contribution >= 0.6 is 11.8 Å². The number of carbonyl (C=O) groups is 1. The molecule has 1 aliphatic heterocycles. The number of hydrogen-bond acceptors (Lipinski definition) is 6. The van der Waals surface area contributed by atoms with Crippen LogP contribution in [0, 0.1) is 6.92 Å². The second kappa shape index (κ2) is 10.2. The molecule has 1 amide bonds. The zero-order valence-corrected chi connectivity index (χ0v) is 20.3. The van der Waals surface area contributed by atoms with Crippen LogP contribution in [0.4, 0.5) is 5.82 Å². The molecule has 2 aromatic carbocycles. The summed E-state index contributed by atoms with van der Waals surface area (Å²) in [6, 6.07) is 13.7. The molecule has 0 fully saturated rings. The lowest BCUT2D eigenvalue weighted by Gasteiger charge is -2.29. The highest BCUT2D eigenvalue weighted by Crippen LogP contribution is 2.43. The predicted molar refractivity (Wildman–Crippen MR) is 134 cm³/mol. The molecule has 0 spiro atoms. The quantitative estimate of drug-likeness (QED) is 0.294. The Hall–Kier alpha value is -3.52. The van der Waals surface area contributed by atoms with E-state index in [1.54, 1.807) is 23.8 Å². The van der Waals surface area contributed by atoms with Crippen LogP contribution in [-0.2, 0) is 17.6 Å². The minimum absolute atomic E-state index is 0.109. The van der Waals surface area contributed by atoms with Gasteiger partial charge in [0.1, 0.15) is 12.4 Å². The molecule has 0 unspecified atom stereocenters. The number of benzene rings is 2. The summed E-state index contributed by atoms with van der Waals surface area (Å²) in [5.41, 5.74) is 3.11. The first kappa shape index (κ1) is 23.6. The highest BCUT2D eigenvalue weighted by Gasteiger charge is 2.34. The molecule has 34 heavy (non-hydrogen) atoms. The van der Waals surface area contributed by atoms with Crippen LogP contribution in [0.2, 0.25) is 0 Å². The maximum Gasteiger partial charge on any atom is 0.279 e. The van der Waals surface area contributed by atoms with Gasteiger partial charge in [0, 0.05) is 30.7 Å². The van der Waals surface area contributed by atoms with E-state index in [1.807, 2.05) is 26.1 Å². The van der Waals surface area contributed by atoms with Gasteiger partial charge in [0.05, 0.1) is 12.7 Å². The van der Waals surface area contributed by atoms with Gasteiger partial charge in [-0.15, -0.1) is 0 Å². The van der Waals surface area contributed by atoms with Crippen molar-refractivity contribution < 1.29 is 14.3 Å². The number of aryl methyl sites for hydroxylation is 1. The molecule has 1 aromatic heterocycles. The number of ether oxygens (including phenoxy) is 2. The predicted octanol–water partition coefficient (Wildman–Crippen LogP) is 4.43. The zero-order valence-electron chi connectivity index (χ0n) is 19.5. The van der Waals surface area contributed by atoms with Crippen molar-refractivity contribution in [3.05, 3.63) is 87.7 Å². The van der Waals surface area contributed by atoms with E-state index in [2.05, 4.69) is 41.1 Å². The number of amides is 1. The van der Waals surface area contributed by atoms with Crippen LogP contribution in [0.5, 0.6) is 11.5 Å². The Morgan fingerprint density at radius 2 is 2.00 bits per heavy atom. The van der Waals surface area contributed by atoms with Crippen molar-refractivity contribution in [3.8, 4) is 11.5 Å². The summed E-state index contributed by atoms with van der Waals surface area (Å²) in [5, 5.41) is 3.43. The van der Waals surface area contributed by atoms with Crippen LogP contribution in [0.15, 0.2) is 65.1 Å². The fourth-order valence-electron chi connectivity index (χ4n) is 4.03. The van der Waals surface area contributed by atoms with Crippen molar-refractivity contribution in [2.45, 2.75) is 30.2 Å². The largest absolute Gasteiger partial charge is 0.493 e. The number of hydrogen-bond donors (Lipinski definition) is 1. The molecule has 0 bridgehead atoms. The third-order valence-electron chi connectivity index (χ3n) is 5.74. The number of rotatable bonds is 8. The van der Waals surface area contributed by atoms with Gasteiger partial charge in [-0.3, -0.25) is 9.59 Å². The Morgan fingerprint density at radius 1 is 1.24 bits per heavy atom. The minimum Gasteiger partial charge on any atom is -0.493 e. The molecule has 8 heteroatoms. The van der Waals surface area contributed by atoms with E-state index in [0.29, 0.717) is 39.4 Å². The number of thioether (sulfide) groups is 1. The van der Waals surface area contributed by atoms with Crippen LogP contribution in [0.25, 0.3) is 0 Å². The Bertz CT molecular complexity index is 1280. The molecule has 0 radical (unpaired) electrons. The maximum absolute atomic E-state index is 13.3. The highest BCUT2D eigenvalue weighted by atomic mass is 32.2. The lowest BCUT2D eigenvalue weighted by Crippen LogP contribution is -2.33.